The molecule has 5 rings (SSSR count). The first-order chi connectivity index (χ1) is 18.5. The van der Waals surface area contributed by atoms with Gasteiger partial charge in [-0.25, -0.2) is 4.98 Å². The number of aromatic nitrogens is 3. The zero-order valence-electron chi connectivity index (χ0n) is 20.8. The molecule has 2 aromatic carbocycles. The second-order valence-electron chi connectivity index (χ2n) is 9.02. The van der Waals surface area contributed by atoms with Crippen LogP contribution in [0.25, 0.3) is 16.9 Å². The molecule has 0 spiro atoms. The molecular formula is C29H27BrClN5O2. The number of nitrogens with zero attached hydrogens (tertiary/aromatic N) is 4. The summed E-state index contributed by atoms with van der Waals surface area (Å²) in [7, 11) is 1.84. The van der Waals surface area contributed by atoms with Crippen molar-refractivity contribution in [3.05, 3.63) is 100 Å². The largest absolute Gasteiger partial charge is 0.462 e. The van der Waals surface area contributed by atoms with Crippen molar-refractivity contribution in [2.24, 2.45) is 5.92 Å². The van der Waals surface area contributed by atoms with E-state index in [0.717, 1.165) is 39.5 Å². The second-order valence-corrected chi connectivity index (χ2v) is 10.3. The highest BCUT2D eigenvalue weighted by atomic mass is 79.9. The third-order valence-corrected chi connectivity index (χ3v) is 7.18. The first-order valence-electron chi connectivity index (χ1n) is 12.4. The van der Waals surface area contributed by atoms with Gasteiger partial charge >= 0.3 is 0 Å². The summed E-state index contributed by atoms with van der Waals surface area (Å²) >= 11 is 9.97. The summed E-state index contributed by atoms with van der Waals surface area (Å²) in [4.78, 5) is 19.6. The van der Waals surface area contributed by atoms with Crippen LogP contribution < -0.4 is 10.1 Å². The van der Waals surface area contributed by atoms with Gasteiger partial charge in [-0.3, -0.25) is 4.79 Å². The number of carbonyl (C=O) groups is 1. The smallest absolute Gasteiger partial charge is 0.229 e. The molecule has 0 radical (unpaired) electrons. The van der Waals surface area contributed by atoms with Crippen molar-refractivity contribution in [2.45, 2.75) is 12.8 Å². The van der Waals surface area contributed by atoms with Crippen molar-refractivity contribution in [1.29, 1.82) is 0 Å². The van der Waals surface area contributed by atoms with Crippen LogP contribution in [0.5, 0.6) is 5.75 Å². The molecular weight excluding hydrogens is 566 g/mol. The average molecular weight is 593 g/mol. The van der Waals surface area contributed by atoms with Crippen molar-refractivity contribution in [1.82, 2.24) is 19.5 Å². The third kappa shape index (κ3) is 5.92. The summed E-state index contributed by atoms with van der Waals surface area (Å²) in [6.07, 6.45) is 8.77. The van der Waals surface area contributed by atoms with Gasteiger partial charge in [0.1, 0.15) is 17.3 Å². The lowest BCUT2D eigenvalue weighted by molar-refractivity contribution is -0.132. The molecule has 1 unspecified atom stereocenters. The summed E-state index contributed by atoms with van der Waals surface area (Å²) in [6.45, 7) is 1.27. The van der Waals surface area contributed by atoms with Crippen LogP contribution in [-0.2, 0) is 4.79 Å². The van der Waals surface area contributed by atoms with Crippen LogP contribution in [0.1, 0.15) is 12.8 Å². The molecule has 0 bridgehead atoms. The lowest BCUT2D eigenvalue weighted by atomic mass is 9.98. The Morgan fingerprint density at radius 2 is 2.00 bits per heavy atom. The summed E-state index contributed by atoms with van der Waals surface area (Å²) < 4.78 is 8.51. The standard InChI is InChI=1S/C29H27BrClN5O2/c1-35(29(37)20-9-7-12-22(17-20)38-21-10-3-2-4-11-21)16-8-15-32-27-18-26(23-13-5-6-14-25(23)31)34-28-24(30)19-33-36(27)28/h2-7,9-14,18-20,32H,8,15-17H2,1H3. The quantitative estimate of drug-likeness (QED) is 0.222. The summed E-state index contributed by atoms with van der Waals surface area (Å²) in [5.41, 5.74) is 2.30. The Morgan fingerprint density at radius 3 is 2.82 bits per heavy atom. The van der Waals surface area contributed by atoms with Crippen LogP contribution in [0.4, 0.5) is 5.82 Å². The Kier molecular flexibility index (Phi) is 8.10. The molecule has 1 amide bonds. The number of carbonyl (C=O) groups excluding carboxylic acids is 1. The van der Waals surface area contributed by atoms with Gasteiger partial charge in [-0.1, -0.05) is 60.2 Å². The molecule has 0 aliphatic heterocycles. The Labute approximate surface area is 234 Å². The predicted molar refractivity (Wildman–Crippen MR) is 154 cm³/mol. The Hall–Kier alpha value is -3.62. The molecule has 1 atom stereocenters. The van der Waals surface area contributed by atoms with Gasteiger partial charge in [0.15, 0.2) is 5.65 Å². The summed E-state index contributed by atoms with van der Waals surface area (Å²) in [5.74, 6) is 2.19. The van der Waals surface area contributed by atoms with E-state index < -0.39 is 0 Å². The first kappa shape index (κ1) is 26.0. The van der Waals surface area contributed by atoms with E-state index in [1.807, 2.05) is 85.9 Å². The lowest BCUT2D eigenvalue weighted by Gasteiger charge is -2.24. The van der Waals surface area contributed by atoms with E-state index in [1.54, 1.807) is 15.6 Å². The molecule has 9 heteroatoms. The van der Waals surface area contributed by atoms with E-state index >= 15 is 0 Å². The maximum atomic E-state index is 13.1. The summed E-state index contributed by atoms with van der Waals surface area (Å²) in [5, 5.41) is 8.53. The van der Waals surface area contributed by atoms with Crippen LogP contribution in [-0.4, -0.2) is 45.5 Å². The summed E-state index contributed by atoms with van der Waals surface area (Å²) in [6, 6.07) is 19.2. The molecule has 0 saturated heterocycles. The van der Waals surface area contributed by atoms with Crippen LogP contribution in [0.3, 0.4) is 0 Å². The Bertz CT molecular complexity index is 1500. The molecule has 0 fully saturated rings. The molecule has 2 aromatic heterocycles. The van der Waals surface area contributed by atoms with Gasteiger partial charge in [0.2, 0.25) is 5.91 Å². The van der Waals surface area contributed by atoms with E-state index in [2.05, 4.69) is 26.3 Å². The van der Waals surface area contributed by atoms with Crippen molar-refractivity contribution in [3.63, 3.8) is 0 Å². The van der Waals surface area contributed by atoms with Crippen LogP contribution in [0, 0.1) is 5.92 Å². The number of amides is 1. The van der Waals surface area contributed by atoms with Crippen LogP contribution >= 0.6 is 27.5 Å². The van der Waals surface area contributed by atoms with Crippen molar-refractivity contribution in [3.8, 4) is 17.0 Å². The minimum atomic E-state index is -0.240. The number of allylic oxidation sites excluding steroid dienone is 3. The normalized spacial score (nSPS) is 14.8. The molecule has 4 aromatic rings. The lowest BCUT2D eigenvalue weighted by Crippen LogP contribution is -2.34. The van der Waals surface area contributed by atoms with Gasteiger partial charge < -0.3 is 15.0 Å². The van der Waals surface area contributed by atoms with Crippen LogP contribution in [0.15, 0.2) is 95.3 Å². The fraction of sp³-hybridized carbons (Fsp3) is 0.207. The zero-order chi connectivity index (χ0) is 26.5. The number of ether oxygens (including phenoxy) is 1. The number of hydrogen-bond donors (Lipinski definition) is 1. The second kappa shape index (κ2) is 11.8. The van der Waals surface area contributed by atoms with E-state index in [-0.39, 0.29) is 11.8 Å². The van der Waals surface area contributed by atoms with Gasteiger partial charge in [-0.15, -0.1) is 0 Å². The minimum absolute atomic E-state index is 0.0758. The molecule has 1 aliphatic rings. The maximum Gasteiger partial charge on any atom is 0.229 e. The van der Waals surface area contributed by atoms with Gasteiger partial charge in [0, 0.05) is 43.2 Å². The third-order valence-electron chi connectivity index (χ3n) is 6.29. The fourth-order valence-electron chi connectivity index (χ4n) is 4.33. The SMILES string of the molecule is CN(CCCNc1cc(-c2ccccc2Cl)nc2c(Br)cnn12)C(=O)C1C=CC=C(Oc2ccccc2)C1. The highest BCUT2D eigenvalue weighted by Gasteiger charge is 2.23. The molecule has 7 nitrogen and oxygen atoms in total. The van der Waals surface area contributed by atoms with Gasteiger partial charge in [0.05, 0.1) is 22.3 Å². The number of para-hydroxylation sites is 1. The number of nitrogens with one attached hydrogen (secondary N) is 1. The molecule has 38 heavy (non-hydrogen) atoms. The number of anilines is 1. The topological polar surface area (TPSA) is 71.8 Å². The van der Waals surface area contributed by atoms with Gasteiger partial charge in [-0.05, 0) is 46.6 Å². The predicted octanol–water partition coefficient (Wildman–Crippen LogP) is 6.61. The number of halogens is 2. The van der Waals surface area contributed by atoms with Crippen molar-refractivity contribution in [2.75, 3.05) is 25.5 Å². The zero-order valence-corrected chi connectivity index (χ0v) is 23.2. The maximum absolute atomic E-state index is 13.1. The minimum Gasteiger partial charge on any atom is -0.462 e. The van der Waals surface area contributed by atoms with Crippen molar-refractivity contribution >= 4 is 44.9 Å². The number of benzene rings is 2. The Balaban J connectivity index is 1.18. The average Bonchev–Trinajstić information content (AvgIpc) is 3.32. The Morgan fingerprint density at radius 1 is 1.21 bits per heavy atom. The number of fused-ring (bicyclic) bond motifs is 1. The van der Waals surface area contributed by atoms with E-state index in [1.165, 1.54) is 0 Å². The van der Waals surface area contributed by atoms with E-state index in [4.69, 9.17) is 21.3 Å². The highest BCUT2D eigenvalue weighted by Crippen LogP contribution is 2.30. The van der Waals surface area contributed by atoms with E-state index in [9.17, 15) is 4.79 Å². The molecule has 1 N–H and O–H groups in total. The highest BCUT2D eigenvalue weighted by molar-refractivity contribution is 9.10. The number of rotatable bonds is 9. The van der Waals surface area contributed by atoms with Gasteiger partial charge in [-0.2, -0.15) is 9.61 Å². The van der Waals surface area contributed by atoms with Gasteiger partial charge in [0.25, 0.3) is 0 Å². The fourth-order valence-corrected chi connectivity index (χ4v) is 4.91. The van der Waals surface area contributed by atoms with Crippen LogP contribution in [0.2, 0.25) is 5.02 Å². The monoisotopic (exact) mass is 591 g/mol. The van der Waals surface area contributed by atoms with Crippen molar-refractivity contribution < 1.29 is 9.53 Å². The molecule has 0 saturated carbocycles. The molecule has 1 aliphatic carbocycles. The van der Waals surface area contributed by atoms with E-state index in [0.29, 0.717) is 30.2 Å². The molecule has 194 valence electrons. The number of hydrogen-bond acceptors (Lipinski definition) is 5. The first-order valence-corrected chi connectivity index (χ1v) is 13.5. The molecule has 2 heterocycles.